The molecule has 20 heavy (non-hydrogen) atoms. The molecular formula is C15H24ClN3O. The van der Waals surface area contributed by atoms with E-state index in [0.717, 1.165) is 48.8 Å². The second-order valence-corrected chi connectivity index (χ2v) is 5.77. The number of morpholine rings is 1. The van der Waals surface area contributed by atoms with Gasteiger partial charge in [-0.2, -0.15) is 0 Å². The lowest BCUT2D eigenvalue weighted by Gasteiger charge is -2.36. The third kappa shape index (κ3) is 3.71. The molecule has 0 aliphatic carbocycles. The van der Waals surface area contributed by atoms with E-state index in [1.807, 2.05) is 19.1 Å². The molecule has 2 atom stereocenters. The summed E-state index contributed by atoms with van der Waals surface area (Å²) in [4.78, 5) is 2.42. The minimum absolute atomic E-state index is 0.0345. The number of nitrogens with two attached hydrogens (primary N) is 1. The number of hydrogen-bond acceptors (Lipinski definition) is 4. The van der Waals surface area contributed by atoms with E-state index in [2.05, 4.69) is 23.3 Å². The summed E-state index contributed by atoms with van der Waals surface area (Å²) in [6.45, 7) is 7.94. The van der Waals surface area contributed by atoms with Gasteiger partial charge in [-0.25, -0.2) is 0 Å². The zero-order chi connectivity index (χ0) is 14.5. The van der Waals surface area contributed by atoms with Gasteiger partial charge in [-0.1, -0.05) is 30.7 Å². The number of rotatable bonds is 5. The molecular weight excluding hydrogens is 274 g/mol. The maximum absolute atomic E-state index is 6.21. The van der Waals surface area contributed by atoms with Crippen LogP contribution in [-0.4, -0.2) is 37.2 Å². The van der Waals surface area contributed by atoms with Gasteiger partial charge in [0.1, 0.15) is 0 Å². The topological polar surface area (TPSA) is 50.5 Å². The van der Waals surface area contributed by atoms with E-state index < -0.39 is 0 Å². The van der Waals surface area contributed by atoms with Crippen molar-refractivity contribution in [1.82, 2.24) is 10.3 Å². The minimum atomic E-state index is -0.0345. The number of benzene rings is 1. The quantitative estimate of drug-likeness (QED) is 0.647. The smallest absolute Gasteiger partial charge is 0.0909 e. The van der Waals surface area contributed by atoms with Gasteiger partial charge in [0.15, 0.2) is 0 Å². The van der Waals surface area contributed by atoms with Crippen molar-refractivity contribution in [1.29, 1.82) is 0 Å². The summed E-state index contributed by atoms with van der Waals surface area (Å²) in [7, 11) is 0. The van der Waals surface area contributed by atoms with Gasteiger partial charge in [-0.15, -0.1) is 0 Å². The summed E-state index contributed by atoms with van der Waals surface area (Å²) in [6, 6.07) is 6.03. The molecule has 1 aliphatic heterocycles. The van der Waals surface area contributed by atoms with Crippen LogP contribution in [0.4, 0.5) is 0 Å². The first-order valence-electron chi connectivity index (χ1n) is 7.21. The van der Waals surface area contributed by atoms with Gasteiger partial charge in [0.25, 0.3) is 0 Å². The zero-order valence-corrected chi connectivity index (χ0v) is 13.0. The van der Waals surface area contributed by atoms with E-state index in [1.165, 1.54) is 0 Å². The highest BCUT2D eigenvalue weighted by Gasteiger charge is 2.28. The van der Waals surface area contributed by atoms with Gasteiger partial charge in [-0.05, 0) is 37.1 Å². The van der Waals surface area contributed by atoms with Gasteiger partial charge < -0.3 is 4.74 Å². The van der Waals surface area contributed by atoms with Crippen LogP contribution in [0.25, 0.3) is 0 Å². The van der Waals surface area contributed by atoms with E-state index in [1.54, 1.807) is 0 Å². The second kappa shape index (κ2) is 7.38. The maximum Gasteiger partial charge on any atom is 0.0909 e. The monoisotopic (exact) mass is 297 g/mol. The Kier molecular flexibility index (Phi) is 5.81. The van der Waals surface area contributed by atoms with Crippen molar-refractivity contribution in [2.75, 3.05) is 26.2 Å². The van der Waals surface area contributed by atoms with Gasteiger partial charge >= 0.3 is 0 Å². The number of halogens is 1. The predicted molar refractivity (Wildman–Crippen MR) is 82.7 cm³/mol. The first-order chi connectivity index (χ1) is 9.65. The molecule has 1 fully saturated rings. The van der Waals surface area contributed by atoms with Gasteiger partial charge in [0, 0.05) is 18.1 Å². The number of hydrogen-bond donors (Lipinski definition) is 2. The average Bonchev–Trinajstić information content (AvgIpc) is 2.44. The van der Waals surface area contributed by atoms with Crippen molar-refractivity contribution >= 4 is 11.6 Å². The van der Waals surface area contributed by atoms with E-state index in [-0.39, 0.29) is 12.1 Å². The van der Waals surface area contributed by atoms with Crippen LogP contribution in [0.5, 0.6) is 0 Å². The van der Waals surface area contributed by atoms with Crippen molar-refractivity contribution in [3.8, 4) is 0 Å². The second-order valence-electron chi connectivity index (χ2n) is 5.36. The first kappa shape index (κ1) is 15.7. The Balaban J connectivity index is 2.12. The third-order valence-corrected chi connectivity index (χ3v) is 4.23. The molecule has 0 saturated carbocycles. The first-order valence-corrected chi connectivity index (χ1v) is 7.59. The molecule has 0 aromatic heterocycles. The summed E-state index contributed by atoms with van der Waals surface area (Å²) in [5.41, 5.74) is 5.04. The molecule has 112 valence electrons. The number of hydrazine groups is 1. The number of nitrogens with one attached hydrogen (secondary N) is 1. The van der Waals surface area contributed by atoms with Crippen LogP contribution in [0.1, 0.15) is 30.5 Å². The molecule has 3 N–H and O–H groups in total. The van der Waals surface area contributed by atoms with E-state index >= 15 is 0 Å². The SMILES string of the molecule is CCCN1CCOC(C(NN)c2ccc(C)c(Cl)c2)C1. The van der Waals surface area contributed by atoms with Crippen LogP contribution in [0, 0.1) is 6.92 Å². The lowest BCUT2D eigenvalue weighted by Crippen LogP contribution is -2.49. The van der Waals surface area contributed by atoms with E-state index in [4.69, 9.17) is 22.2 Å². The molecule has 1 aromatic carbocycles. The molecule has 0 amide bonds. The number of nitrogens with zero attached hydrogens (tertiary/aromatic N) is 1. The van der Waals surface area contributed by atoms with Gasteiger partial charge in [-0.3, -0.25) is 16.2 Å². The third-order valence-electron chi connectivity index (χ3n) is 3.82. The van der Waals surface area contributed by atoms with Crippen LogP contribution >= 0.6 is 11.6 Å². The fourth-order valence-corrected chi connectivity index (χ4v) is 2.86. The highest BCUT2D eigenvalue weighted by atomic mass is 35.5. The average molecular weight is 298 g/mol. The molecule has 2 rings (SSSR count). The molecule has 0 bridgehead atoms. The Hall–Kier alpha value is -0.650. The van der Waals surface area contributed by atoms with Crippen molar-refractivity contribution in [2.24, 2.45) is 5.84 Å². The summed E-state index contributed by atoms with van der Waals surface area (Å²) < 4.78 is 5.90. The van der Waals surface area contributed by atoms with Crippen LogP contribution < -0.4 is 11.3 Å². The fourth-order valence-electron chi connectivity index (χ4n) is 2.67. The van der Waals surface area contributed by atoms with Crippen LogP contribution in [-0.2, 0) is 4.74 Å². The van der Waals surface area contributed by atoms with Crippen molar-refractivity contribution in [3.63, 3.8) is 0 Å². The molecule has 1 heterocycles. The Bertz CT molecular complexity index is 439. The molecule has 5 heteroatoms. The largest absolute Gasteiger partial charge is 0.374 e. The lowest BCUT2D eigenvalue weighted by molar-refractivity contribution is -0.0471. The Morgan fingerprint density at radius 1 is 1.55 bits per heavy atom. The fraction of sp³-hybridized carbons (Fsp3) is 0.600. The molecule has 0 spiro atoms. The van der Waals surface area contributed by atoms with Crippen molar-refractivity contribution in [3.05, 3.63) is 34.3 Å². The molecule has 1 aromatic rings. The highest BCUT2D eigenvalue weighted by molar-refractivity contribution is 6.31. The van der Waals surface area contributed by atoms with Crippen LogP contribution in [0.3, 0.4) is 0 Å². The van der Waals surface area contributed by atoms with Crippen molar-refractivity contribution < 1.29 is 4.74 Å². The summed E-state index contributed by atoms with van der Waals surface area (Å²) in [5, 5.41) is 0.768. The van der Waals surface area contributed by atoms with Gasteiger partial charge in [0.05, 0.1) is 18.8 Å². The molecule has 1 saturated heterocycles. The molecule has 0 radical (unpaired) electrons. The molecule has 4 nitrogen and oxygen atoms in total. The molecule has 1 aliphatic rings. The standard InChI is InChI=1S/C15H24ClN3O/c1-3-6-19-7-8-20-14(10-19)15(18-17)12-5-4-11(2)13(16)9-12/h4-5,9,14-15,18H,3,6-8,10,17H2,1-2H3. The Labute approximate surface area is 126 Å². The predicted octanol–water partition coefficient (Wildman–Crippen LogP) is 2.26. The number of aryl methyl sites for hydroxylation is 1. The molecule has 2 unspecified atom stereocenters. The van der Waals surface area contributed by atoms with E-state index in [0.29, 0.717) is 0 Å². The normalized spacial score (nSPS) is 21.9. The van der Waals surface area contributed by atoms with Crippen molar-refractivity contribution in [2.45, 2.75) is 32.4 Å². The maximum atomic E-state index is 6.21. The van der Waals surface area contributed by atoms with Gasteiger partial charge in [0.2, 0.25) is 0 Å². The highest BCUT2D eigenvalue weighted by Crippen LogP contribution is 2.26. The minimum Gasteiger partial charge on any atom is -0.374 e. The Morgan fingerprint density at radius 3 is 3.00 bits per heavy atom. The Morgan fingerprint density at radius 2 is 2.35 bits per heavy atom. The lowest BCUT2D eigenvalue weighted by atomic mass is 9.99. The zero-order valence-electron chi connectivity index (χ0n) is 12.2. The summed E-state index contributed by atoms with van der Waals surface area (Å²) >= 11 is 6.21. The summed E-state index contributed by atoms with van der Waals surface area (Å²) in [6.07, 6.45) is 1.21. The van der Waals surface area contributed by atoms with Crippen LogP contribution in [0.2, 0.25) is 5.02 Å². The summed E-state index contributed by atoms with van der Waals surface area (Å²) in [5.74, 6) is 5.75. The number of ether oxygens (including phenoxy) is 1. The van der Waals surface area contributed by atoms with Crippen LogP contribution in [0.15, 0.2) is 18.2 Å². The van der Waals surface area contributed by atoms with E-state index in [9.17, 15) is 0 Å².